The summed E-state index contributed by atoms with van der Waals surface area (Å²) in [5.74, 6) is 2.79. The van der Waals surface area contributed by atoms with Crippen molar-refractivity contribution in [2.45, 2.75) is 26.3 Å². The molecule has 0 amide bonds. The molecular formula is C12H19N7. The first-order valence-electron chi connectivity index (χ1n) is 6.16. The molecule has 102 valence electrons. The van der Waals surface area contributed by atoms with Crippen molar-refractivity contribution >= 4 is 11.9 Å². The Balaban J connectivity index is 2.30. The second kappa shape index (κ2) is 5.21. The lowest BCUT2D eigenvalue weighted by Crippen LogP contribution is -2.17. The maximum Gasteiger partial charge on any atom is 0.229 e. The third-order valence-corrected chi connectivity index (χ3v) is 2.66. The average molecular weight is 261 g/mol. The van der Waals surface area contributed by atoms with E-state index in [0.29, 0.717) is 24.2 Å². The summed E-state index contributed by atoms with van der Waals surface area (Å²) in [6.45, 7) is 4.75. The summed E-state index contributed by atoms with van der Waals surface area (Å²) in [4.78, 5) is 18.8. The number of aromatic nitrogens is 5. The predicted molar refractivity (Wildman–Crippen MR) is 74.0 cm³/mol. The van der Waals surface area contributed by atoms with Crippen molar-refractivity contribution in [1.82, 2.24) is 24.5 Å². The molecule has 0 unspecified atom stereocenters. The Hall–Kier alpha value is -2.18. The van der Waals surface area contributed by atoms with Crippen molar-refractivity contribution in [2.24, 2.45) is 0 Å². The van der Waals surface area contributed by atoms with Gasteiger partial charge in [0.2, 0.25) is 11.9 Å². The number of hydrogen-bond donors (Lipinski definition) is 1. The van der Waals surface area contributed by atoms with Gasteiger partial charge in [0.1, 0.15) is 5.82 Å². The fraction of sp³-hybridized carbons (Fsp3) is 0.500. The molecule has 0 atom stereocenters. The Morgan fingerprint density at radius 1 is 1.26 bits per heavy atom. The second-order valence-corrected chi connectivity index (χ2v) is 4.87. The number of anilines is 2. The molecule has 0 saturated heterocycles. The molecule has 2 aromatic heterocycles. The lowest BCUT2D eigenvalue weighted by molar-refractivity contribution is 0.647. The van der Waals surface area contributed by atoms with Crippen molar-refractivity contribution in [1.29, 1.82) is 0 Å². The molecule has 19 heavy (non-hydrogen) atoms. The Morgan fingerprint density at radius 2 is 2.00 bits per heavy atom. The third kappa shape index (κ3) is 2.98. The summed E-state index contributed by atoms with van der Waals surface area (Å²) >= 11 is 0. The highest BCUT2D eigenvalue weighted by Crippen LogP contribution is 2.13. The van der Waals surface area contributed by atoms with Crippen LogP contribution in [0.4, 0.5) is 11.9 Å². The van der Waals surface area contributed by atoms with E-state index in [0.717, 1.165) is 5.82 Å². The molecule has 0 radical (unpaired) electrons. The molecule has 0 saturated carbocycles. The summed E-state index contributed by atoms with van der Waals surface area (Å²) in [5, 5.41) is 0. The van der Waals surface area contributed by atoms with Gasteiger partial charge < -0.3 is 15.2 Å². The van der Waals surface area contributed by atoms with Gasteiger partial charge >= 0.3 is 0 Å². The first-order valence-corrected chi connectivity index (χ1v) is 6.16. The van der Waals surface area contributed by atoms with Crippen LogP contribution in [0.3, 0.4) is 0 Å². The summed E-state index contributed by atoms with van der Waals surface area (Å²) in [7, 11) is 3.74. The van der Waals surface area contributed by atoms with Crippen LogP contribution >= 0.6 is 0 Å². The highest BCUT2D eigenvalue weighted by atomic mass is 15.3. The normalized spacial score (nSPS) is 11.0. The molecule has 0 aromatic carbocycles. The maximum absolute atomic E-state index is 5.71. The zero-order valence-corrected chi connectivity index (χ0v) is 11.7. The molecule has 2 rings (SSSR count). The molecule has 2 aromatic rings. The molecule has 2 N–H and O–H groups in total. The van der Waals surface area contributed by atoms with E-state index in [4.69, 9.17) is 5.73 Å². The van der Waals surface area contributed by atoms with E-state index in [1.54, 1.807) is 11.1 Å². The molecule has 7 nitrogen and oxygen atoms in total. The van der Waals surface area contributed by atoms with Crippen LogP contribution in [-0.2, 0) is 6.54 Å². The van der Waals surface area contributed by atoms with Crippen LogP contribution < -0.4 is 10.6 Å². The van der Waals surface area contributed by atoms with Crippen LogP contribution in [0.5, 0.6) is 0 Å². The molecule has 0 aliphatic carbocycles. The fourth-order valence-electron chi connectivity index (χ4n) is 1.80. The Labute approximate surface area is 112 Å². The molecule has 2 heterocycles. The van der Waals surface area contributed by atoms with E-state index in [9.17, 15) is 0 Å². The van der Waals surface area contributed by atoms with E-state index in [1.165, 1.54) is 0 Å². The van der Waals surface area contributed by atoms with Gasteiger partial charge in [-0.2, -0.15) is 15.0 Å². The first-order chi connectivity index (χ1) is 8.97. The van der Waals surface area contributed by atoms with Crippen molar-refractivity contribution in [2.75, 3.05) is 24.7 Å². The largest absolute Gasteiger partial charge is 0.368 e. The highest BCUT2D eigenvalue weighted by Gasteiger charge is 2.11. The van der Waals surface area contributed by atoms with E-state index >= 15 is 0 Å². The molecule has 0 fully saturated rings. The minimum Gasteiger partial charge on any atom is -0.368 e. The Morgan fingerprint density at radius 3 is 2.63 bits per heavy atom. The zero-order valence-electron chi connectivity index (χ0n) is 11.7. The summed E-state index contributed by atoms with van der Waals surface area (Å²) in [5.41, 5.74) is 5.71. The standard InChI is InChI=1S/C12H19N7/c1-8(2)10-14-5-6-19(10)7-9-15-11(13)17-12(16-9)18(3)4/h5-6,8H,7H2,1-4H3,(H2,13,15,16,17). The number of nitrogen functional groups attached to an aromatic ring is 1. The summed E-state index contributed by atoms with van der Waals surface area (Å²) in [6.07, 6.45) is 3.71. The number of hydrogen-bond acceptors (Lipinski definition) is 6. The van der Waals surface area contributed by atoms with Gasteiger partial charge in [-0.25, -0.2) is 4.98 Å². The average Bonchev–Trinajstić information content (AvgIpc) is 2.76. The van der Waals surface area contributed by atoms with Crippen molar-refractivity contribution < 1.29 is 0 Å². The van der Waals surface area contributed by atoms with Gasteiger partial charge in [0, 0.05) is 32.4 Å². The Bertz CT molecular complexity index is 559. The topological polar surface area (TPSA) is 85.8 Å². The van der Waals surface area contributed by atoms with Crippen molar-refractivity contribution in [3.05, 3.63) is 24.0 Å². The second-order valence-electron chi connectivity index (χ2n) is 4.87. The van der Waals surface area contributed by atoms with Gasteiger partial charge in [0.15, 0.2) is 5.82 Å². The monoisotopic (exact) mass is 261 g/mol. The number of nitrogens with zero attached hydrogens (tertiary/aromatic N) is 6. The third-order valence-electron chi connectivity index (χ3n) is 2.66. The van der Waals surface area contributed by atoms with E-state index in [1.807, 2.05) is 24.9 Å². The smallest absolute Gasteiger partial charge is 0.229 e. The van der Waals surface area contributed by atoms with Gasteiger partial charge in [-0.3, -0.25) is 0 Å². The number of rotatable bonds is 4. The maximum atomic E-state index is 5.71. The van der Waals surface area contributed by atoms with Crippen LogP contribution in [0.2, 0.25) is 0 Å². The van der Waals surface area contributed by atoms with Crippen LogP contribution in [0, 0.1) is 0 Å². The van der Waals surface area contributed by atoms with Crippen LogP contribution in [0.1, 0.15) is 31.4 Å². The van der Waals surface area contributed by atoms with Crippen LogP contribution in [-0.4, -0.2) is 38.6 Å². The van der Waals surface area contributed by atoms with Gasteiger partial charge in [-0.1, -0.05) is 13.8 Å². The highest BCUT2D eigenvalue weighted by molar-refractivity contribution is 5.32. The van der Waals surface area contributed by atoms with Crippen LogP contribution in [0.25, 0.3) is 0 Å². The van der Waals surface area contributed by atoms with Crippen molar-refractivity contribution in [3.8, 4) is 0 Å². The summed E-state index contributed by atoms with van der Waals surface area (Å²) in [6, 6.07) is 0. The van der Waals surface area contributed by atoms with Crippen LogP contribution in [0.15, 0.2) is 12.4 Å². The van der Waals surface area contributed by atoms with Gasteiger partial charge in [-0.15, -0.1) is 0 Å². The molecule has 0 spiro atoms. The first kappa shape index (κ1) is 13.3. The molecular weight excluding hydrogens is 242 g/mol. The minimum atomic E-state index is 0.236. The molecule has 0 aliphatic heterocycles. The SMILES string of the molecule is CC(C)c1nccn1Cc1nc(N)nc(N(C)C)n1. The predicted octanol–water partition coefficient (Wildman–Crippen LogP) is 0.888. The minimum absolute atomic E-state index is 0.236. The van der Waals surface area contributed by atoms with Gasteiger partial charge in [0.25, 0.3) is 0 Å². The summed E-state index contributed by atoms with van der Waals surface area (Å²) < 4.78 is 2.03. The van der Waals surface area contributed by atoms with Gasteiger partial charge in [-0.05, 0) is 0 Å². The van der Waals surface area contributed by atoms with E-state index in [2.05, 4.69) is 33.8 Å². The zero-order chi connectivity index (χ0) is 14.0. The number of nitrogens with two attached hydrogens (primary N) is 1. The van der Waals surface area contributed by atoms with Gasteiger partial charge in [0.05, 0.1) is 6.54 Å². The molecule has 0 aliphatic rings. The quantitative estimate of drug-likeness (QED) is 0.879. The fourth-order valence-corrected chi connectivity index (χ4v) is 1.80. The van der Waals surface area contributed by atoms with E-state index < -0.39 is 0 Å². The van der Waals surface area contributed by atoms with E-state index in [-0.39, 0.29) is 5.95 Å². The molecule has 7 heteroatoms. The lowest BCUT2D eigenvalue weighted by Gasteiger charge is -2.13. The van der Waals surface area contributed by atoms with Crippen molar-refractivity contribution in [3.63, 3.8) is 0 Å². The Kier molecular flexibility index (Phi) is 3.64. The molecule has 0 bridgehead atoms. The number of imidazole rings is 1. The lowest BCUT2D eigenvalue weighted by atomic mass is 10.2.